The van der Waals surface area contributed by atoms with Gasteiger partial charge in [-0.05, 0) is 18.8 Å². The molecule has 10 heavy (non-hydrogen) atoms. The van der Waals surface area contributed by atoms with Gasteiger partial charge in [0, 0.05) is 13.1 Å². The van der Waals surface area contributed by atoms with E-state index in [9.17, 15) is 0 Å². The van der Waals surface area contributed by atoms with E-state index in [1.165, 1.54) is 25.9 Å². The zero-order valence-corrected chi connectivity index (χ0v) is 8.19. The predicted octanol–water partition coefficient (Wildman–Crippen LogP) is 2.59. The van der Waals surface area contributed by atoms with Crippen molar-refractivity contribution in [3.63, 3.8) is 0 Å². The van der Waals surface area contributed by atoms with E-state index >= 15 is 0 Å². The SMILES string of the molecule is CC.CC1CCCN(S)C1. The highest BCUT2D eigenvalue weighted by Gasteiger charge is 2.11. The Morgan fingerprint density at radius 2 is 2.00 bits per heavy atom. The Bertz CT molecular complexity index is 67.7. The highest BCUT2D eigenvalue weighted by molar-refractivity contribution is 7.77. The lowest BCUT2D eigenvalue weighted by atomic mass is 10.0. The van der Waals surface area contributed by atoms with Gasteiger partial charge in [0.05, 0.1) is 0 Å². The maximum Gasteiger partial charge on any atom is 0.0113 e. The van der Waals surface area contributed by atoms with E-state index in [-0.39, 0.29) is 0 Å². The molecule has 1 nitrogen and oxygen atoms in total. The highest BCUT2D eigenvalue weighted by Crippen LogP contribution is 2.15. The second-order valence-electron chi connectivity index (χ2n) is 2.66. The average Bonchev–Trinajstić information content (AvgIpc) is 1.91. The van der Waals surface area contributed by atoms with E-state index in [1.807, 2.05) is 13.8 Å². The lowest BCUT2D eigenvalue weighted by Gasteiger charge is -2.25. The molecule has 0 spiro atoms. The topological polar surface area (TPSA) is 3.24 Å². The van der Waals surface area contributed by atoms with Gasteiger partial charge in [-0.3, -0.25) is 4.31 Å². The molecule has 0 aromatic carbocycles. The average molecular weight is 161 g/mol. The molecule has 0 bridgehead atoms. The number of piperidine rings is 1. The molecule has 2 heteroatoms. The van der Waals surface area contributed by atoms with E-state index < -0.39 is 0 Å². The van der Waals surface area contributed by atoms with Crippen LogP contribution in [0.3, 0.4) is 0 Å². The van der Waals surface area contributed by atoms with Crippen molar-refractivity contribution in [1.29, 1.82) is 0 Å². The third kappa shape index (κ3) is 4.18. The first kappa shape index (κ1) is 10.3. The predicted molar refractivity (Wildman–Crippen MR) is 50.3 cm³/mol. The monoisotopic (exact) mass is 161 g/mol. The summed E-state index contributed by atoms with van der Waals surface area (Å²) < 4.78 is 2.11. The summed E-state index contributed by atoms with van der Waals surface area (Å²) in [4.78, 5) is 0. The van der Waals surface area contributed by atoms with Crippen LogP contribution < -0.4 is 0 Å². The Morgan fingerprint density at radius 1 is 1.40 bits per heavy atom. The first-order valence-corrected chi connectivity index (χ1v) is 4.63. The lowest BCUT2D eigenvalue weighted by molar-refractivity contribution is 0.305. The van der Waals surface area contributed by atoms with Gasteiger partial charge in [-0.1, -0.05) is 33.6 Å². The second kappa shape index (κ2) is 6.05. The molecule has 1 aliphatic heterocycles. The Balaban J connectivity index is 0.000000371. The molecule has 1 unspecified atom stereocenters. The van der Waals surface area contributed by atoms with Gasteiger partial charge in [0.1, 0.15) is 0 Å². The smallest absolute Gasteiger partial charge is 0.0113 e. The maximum absolute atomic E-state index is 4.25. The molecule has 1 atom stereocenters. The number of hydrogen-bond acceptors (Lipinski definition) is 2. The van der Waals surface area contributed by atoms with Gasteiger partial charge in [0.15, 0.2) is 0 Å². The summed E-state index contributed by atoms with van der Waals surface area (Å²) in [7, 11) is 0. The third-order valence-electron chi connectivity index (χ3n) is 1.64. The molecule has 62 valence electrons. The summed E-state index contributed by atoms with van der Waals surface area (Å²) in [6.45, 7) is 8.62. The molecule has 0 radical (unpaired) electrons. The molecule has 0 N–H and O–H groups in total. The largest absolute Gasteiger partial charge is 0.253 e. The zero-order valence-electron chi connectivity index (χ0n) is 7.30. The maximum atomic E-state index is 4.25. The van der Waals surface area contributed by atoms with Crippen molar-refractivity contribution in [1.82, 2.24) is 4.31 Å². The summed E-state index contributed by atoms with van der Waals surface area (Å²) >= 11 is 4.25. The Kier molecular flexibility index (Phi) is 6.24. The Labute approximate surface area is 70.3 Å². The molecule has 1 heterocycles. The van der Waals surface area contributed by atoms with Crippen molar-refractivity contribution in [2.75, 3.05) is 13.1 Å². The molecule has 0 aromatic rings. The first-order chi connectivity index (χ1) is 4.79. The van der Waals surface area contributed by atoms with E-state index in [4.69, 9.17) is 0 Å². The fraction of sp³-hybridized carbons (Fsp3) is 1.00. The van der Waals surface area contributed by atoms with Crippen LogP contribution in [0.4, 0.5) is 0 Å². The first-order valence-electron chi connectivity index (χ1n) is 4.23. The summed E-state index contributed by atoms with van der Waals surface area (Å²) in [6.07, 6.45) is 2.71. The number of rotatable bonds is 0. The molecular formula is C8H19NS. The van der Waals surface area contributed by atoms with Crippen molar-refractivity contribution in [3.05, 3.63) is 0 Å². The quantitative estimate of drug-likeness (QED) is 0.534. The summed E-state index contributed by atoms with van der Waals surface area (Å²) in [5, 5.41) is 0. The van der Waals surface area contributed by atoms with Crippen LogP contribution in [0, 0.1) is 5.92 Å². The Morgan fingerprint density at radius 3 is 2.30 bits per heavy atom. The van der Waals surface area contributed by atoms with Crippen molar-refractivity contribution >= 4 is 12.8 Å². The van der Waals surface area contributed by atoms with Crippen molar-refractivity contribution in [2.24, 2.45) is 5.92 Å². The van der Waals surface area contributed by atoms with Gasteiger partial charge in [0.2, 0.25) is 0 Å². The van der Waals surface area contributed by atoms with Crippen LogP contribution in [0.5, 0.6) is 0 Å². The van der Waals surface area contributed by atoms with Gasteiger partial charge in [-0.2, -0.15) is 0 Å². The Hall–Kier alpha value is 0.310. The molecule has 1 rings (SSSR count). The lowest BCUT2D eigenvalue weighted by Crippen LogP contribution is -2.26. The summed E-state index contributed by atoms with van der Waals surface area (Å²) in [5.74, 6) is 0.862. The fourth-order valence-electron chi connectivity index (χ4n) is 1.16. The van der Waals surface area contributed by atoms with Crippen LogP contribution in [-0.4, -0.2) is 17.4 Å². The van der Waals surface area contributed by atoms with Crippen LogP contribution >= 0.6 is 12.8 Å². The van der Waals surface area contributed by atoms with E-state index in [0.717, 1.165) is 5.92 Å². The minimum absolute atomic E-state index is 0.862. The summed E-state index contributed by atoms with van der Waals surface area (Å²) in [5.41, 5.74) is 0. The van der Waals surface area contributed by atoms with Crippen molar-refractivity contribution in [2.45, 2.75) is 33.6 Å². The molecule has 1 saturated heterocycles. The van der Waals surface area contributed by atoms with Crippen molar-refractivity contribution in [3.8, 4) is 0 Å². The van der Waals surface area contributed by atoms with Crippen LogP contribution in [0.25, 0.3) is 0 Å². The van der Waals surface area contributed by atoms with Crippen LogP contribution in [-0.2, 0) is 0 Å². The van der Waals surface area contributed by atoms with Crippen LogP contribution in [0.1, 0.15) is 33.6 Å². The highest BCUT2D eigenvalue weighted by atomic mass is 32.1. The molecule has 0 aliphatic carbocycles. The van der Waals surface area contributed by atoms with E-state index in [0.29, 0.717) is 0 Å². The normalized spacial score (nSPS) is 27.0. The van der Waals surface area contributed by atoms with E-state index in [1.54, 1.807) is 0 Å². The number of thiol groups is 1. The van der Waals surface area contributed by atoms with E-state index in [2.05, 4.69) is 24.0 Å². The third-order valence-corrected chi connectivity index (χ3v) is 2.00. The minimum Gasteiger partial charge on any atom is -0.253 e. The molecule has 1 aliphatic rings. The van der Waals surface area contributed by atoms with Gasteiger partial charge >= 0.3 is 0 Å². The fourth-order valence-corrected chi connectivity index (χ4v) is 1.58. The number of hydrogen-bond donors (Lipinski definition) is 1. The van der Waals surface area contributed by atoms with Crippen molar-refractivity contribution < 1.29 is 0 Å². The molecule has 0 amide bonds. The van der Waals surface area contributed by atoms with Crippen LogP contribution in [0.15, 0.2) is 0 Å². The van der Waals surface area contributed by atoms with Gasteiger partial charge in [-0.25, -0.2) is 0 Å². The summed E-state index contributed by atoms with van der Waals surface area (Å²) in [6, 6.07) is 0. The molecule has 0 saturated carbocycles. The zero-order chi connectivity index (χ0) is 7.98. The molecule has 0 aromatic heterocycles. The standard InChI is InChI=1S/C6H13NS.C2H6/c1-6-3-2-4-7(8)5-6;1-2/h6,8H,2-5H2,1H3;1-2H3. The van der Waals surface area contributed by atoms with Crippen LogP contribution in [0.2, 0.25) is 0 Å². The number of nitrogens with zero attached hydrogens (tertiary/aromatic N) is 1. The molecule has 1 fully saturated rings. The van der Waals surface area contributed by atoms with Gasteiger partial charge < -0.3 is 0 Å². The van der Waals surface area contributed by atoms with Gasteiger partial charge in [0.25, 0.3) is 0 Å². The van der Waals surface area contributed by atoms with Gasteiger partial charge in [-0.15, -0.1) is 0 Å². The molecular weight excluding hydrogens is 142 g/mol. The minimum atomic E-state index is 0.862. The second-order valence-corrected chi connectivity index (χ2v) is 3.23.